The summed E-state index contributed by atoms with van der Waals surface area (Å²) in [6.07, 6.45) is 1.79. The summed E-state index contributed by atoms with van der Waals surface area (Å²) in [5.74, 6) is 1.22. The van der Waals surface area contributed by atoms with Crippen LogP contribution in [-0.4, -0.2) is 15.7 Å². The maximum absolute atomic E-state index is 12.5. The monoisotopic (exact) mass is 387 g/mol. The number of aromatic nitrogens is 2. The zero-order valence-corrected chi connectivity index (χ0v) is 16.3. The number of halogens is 1. The van der Waals surface area contributed by atoms with Crippen LogP contribution in [0.3, 0.4) is 0 Å². The minimum absolute atomic E-state index is 0.170. The Balaban J connectivity index is 1.59. The van der Waals surface area contributed by atoms with Crippen LogP contribution in [0.2, 0.25) is 5.02 Å². The predicted octanol–water partition coefficient (Wildman–Crippen LogP) is 4.53. The molecular formula is C20H22ClN3O3. The van der Waals surface area contributed by atoms with Crippen LogP contribution in [0.4, 0.5) is 0 Å². The van der Waals surface area contributed by atoms with Crippen molar-refractivity contribution in [2.75, 3.05) is 0 Å². The van der Waals surface area contributed by atoms with Gasteiger partial charge >= 0.3 is 0 Å². The Bertz CT molecular complexity index is 915. The van der Waals surface area contributed by atoms with Gasteiger partial charge in [0.1, 0.15) is 18.1 Å². The van der Waals surface area contributed by atoms with Crippen LogP contribution in [0.1, 0.15) is 47.5 Å². The van der Waals surface area contributed by atoms with Gasteiger partial charge in [0, 0.05) is 22.8 Å². The van der Waals surface area contributed by atoms with Gasteiger partial charge in [-0.2, -0.15) is 5.10 Å². The molecule has 0 aliphatic heterocycles. The molecule has 0 bridgehead atoms. The number of aryl methyl sites for hydroxylation is 1. The molecule has 1 N–H and O–H groups in total. The van der Waals surface area contributed by atoms with Crippen LogP contribution in [-0.2, 0) is 13.2 Å². The smallest absolute Gasteiger partial charge is 0.287 e. The third kappa shape index (κ3) is 4.52. The first-order chi connectivity index (χ1) is 13.0. The molecule has 1 amide bonds. The average Bonchev–Trinajstić information content (AvgIpc) is 3.27. The number of carbonyl (C=O) groups is 1. The van der Waals surface area contributed by atoms with Crippen molar-refractivity contribution in [3.05, 3.63) is 70.4 Å². The number of furan rings is 1. The first-order valence-electron chi connectivity index (χ1n) is 8.78. The highest BCUT2D eigenvalue weighted by atomic mass is 35.5. The molecule has 0 fully saturated rings. The number of benzene rings is 1. The van der Waals surface area contributed by atoms with E-state index < -0.39 is 0 Å². The second-order valence-electron chi connectivity index (χ2n) is 6.20. The van der Waals surface area contributed by atoms with Crippen molar-refractivity contribution in [3.63, 3.8) is 0 Å². The number of hydrogen-bond acceptors (Lipinski definition) is 4. The lowest BCUT2D eigenvalue weighted by Gasteiger charge is -2.13. The summed E-state index contributed by atoms with van der Waals surface area (Å²) in [6.45, 7) is 6.97. The van der Waals surface area contributed by atoms with E-state index in [4.69, 9.17) is 20.8 Å². The van der Waals surface area contributed by atoms with Gasteiger partial charge in [-0.1, -0.05) is 11.6 Å². The Morgan fingerprint density at radius 1 is 1.30 bits per heavy atom. The van der Waals surface area contributed by atoms with E-state index in [9.17, 15) is 4.79 Å². The van der Waals surface area contributed by atoms with Crippen LogP contribution in [0.15, 0.2) is 47.0 Å². The molecule has 6 nitrogen and oxygen atoms in total. The Labute approximate surface area is 163 Å². The second kappa shape index (κ2) is 8.31. The van der Waals surface area contributed by atoms with Crippen LogP contribution >= 0.6 is 11.6 Å². The third-order valence-electron chi connectivity index (χ3n) is 4.33. The summed E-state index contributed by atoms with van der Waals surface area (Å²) < 4.78 is 13.1. The van der Waals surface area contributed by atoms with Gasteiger partial charge in [-0.15, -0.1) is 0 Å². The summed E-state index contributed by atoms with van der Waals surface area (Å²) in [4.78, 5) is 12.5. The molecule has 0 saturated heterocycles. The summed E-state index contributed by atoms with van der Waals surface area (Å²) in [5, 5.41) is 7.90. The summed E-state index contributed by atoms with van der Waals surface area (Å²) >= 11 is 5.85. The fourth-order valence-electron chi connectivity index (χ4n) is 2.81. The van der Waals surface area contributed by atoms with Crippen LogP contribution < -0.4 is 10.1 Å². The number of hydrogen-bond donors (Lipinski definition) is 1. The van der Waals surface area contributed by atoms with Gasteiger partial charge in [-0.3, -0.25) is 9.48 Å². The maximum Gasteiger partial charge on any atom is 0.287 e. The van der Waals surface area contributed by atoms with Crippen molar-refractivity contribution in [2.24, 2.45) is 0 Å². The molecule has 2 aromatic heterocycles. The Morgan fingerprint density at radius 2 is 2.04 bits per heavy atom. The normalized spacial score (nSPS) is 12.0. The van der Waals surface area contributed by atoms with Gasteiger partial charge in [0.05, 0.1) is 12.2 Å². The van der Waals surface area contributed by atoms with Gasteiger partial charge in [0.25, 0.3) is 5.91 Å². The molecule has 0 spiro atoms. The molecule has 3 rings (SSSR count). The molecule has 1 atom stereocenters. The molecule has 2 heterocycles. The van der Waals surface area contributed by atoms with E-state index in [0.29, 0.717) is 16.5 Å². The highest BCUT2D eigenvalue weighted by Crippen LogP contribution is 2.19. The van der Waals surface area contributed by atoms with E-state index in [-0.39, 0.29) is 24.3 Å². The number of amides is 1. The molecule has 1 unspecified atom stereocenters. The van der Waals surface area contributed by atoms with Crippen LogP contribution in [0, 0.1) is 6.92 Å². The van der Waals surface area contributed by atoms with Crippen molar-refractivity contribution in [1.29, 1.82) is 0 Å². The number of rotatable bonds is 7. The quantitative estimate of drug-likeness (QED) is 0.646. The molecule has 7 heteroatoms. The van der Waals surface area contributed by atoms with Gasteiger partial charge in [0.2, 0.25) is 0 Å². The van der Waals surface area contributed by atoms with Gasteiger partial charge in [0.15, 0.2) is 5.76 Å². The molecule has 1 aromatic carbocycles. The minimum atomic E-state index is -0.274. The lowest BCUT2D eigenvalue weighted by atomic mass is 10.1. The second-order valence-corrected chi connectivity index (χ2v) is 6.64. The summed E-state index contributed by atoms with van der Waals surface area (Å²) in [5.41, 5.74) is 2.03. The third-order valence-corrected chi connectivity index (χ3v) is 4.59. The molecule has 0 aliphatic rings. The number of nitrogens with one attached hydrogen (secondary N) is 1. The fourth-order valence-corrected chi connectivity index (χ4v) is 2.94. The Morgan fingerprint density at radius 3 is 2.70 bits per heavy atom. The van der Waals surface area contributed by atoms with E-state index in [1.807, 2.05) is 25.5 Å². The molecule has 0 saturated carbocycles. The maximum atomic E-state index is 12.5. The predicted molar refractivity (Wildman–Crippen MR) is 103 cm³/mol. The first-order valence-corrected chi connectivity index (χ1v) is 9.16. The Kier molecular flexibility index (Phi) is 5.86. The van der Waals surface area contributed by atoms with Crippen molar-refractivity contribution in [1.82, 2.24) is 15.1 Å². The van der Waals surface area contributed by atoms with Crippen LogP contribution in [0.5, 0.6) is 5.75 Å². The van der Waals surface area contributed by atoms with Gasteiger partial charge in [-0.25, -0.2) is 0 Å². The van der Waals surface area contributed by atoms with Crippen molar-refractivity contribution in [3.8, 4) is 5.75 Å². The van der Waals surface area contributed by atoms with E-state index in [0.717, 1.165) is 17.8 Å². The van der Waals surface area contributed by atoms with E-state index in [1.54, 1.807) is 42.6 Å². The average molecular weight is 388 g/mol. The summed E-state index contributed by atoms with van der Waals surface area (Å²) in [6, 6.07) is 10.3. The summed E-state index contributed by atoms with van der Waals surface area (Å²) in [7, 11) is 0. The fraction of sp³-hybridized carbons (Fsp3) is 0.300. The highest BCUT2D eigenvalue weighted by molar-refractivity contribution is 6.30. The minimum Gasteiger partial charge on any atom is -0.486 e. The van der Waals surface area contributed by atoms with Gasteiger partial charge < -0.3 is 14.5 Å². The molecule has 3 aromatic rings. The molecule has 0 aliphatic carbocycles. The van der Waals surface area contributed by atoms with Crippen molar-refractivity contribution >= 4 is 17.5 Å². The molecule has 27 heavy (non-hydrogen) atoms. The topological polar surface area (TPSA) is 69.3 Å². The van der Waals surface area contributed by atoms with Crippen LogP contribution in [0.25, 0.3) is 0 Å². The van der Waals surface area contributed by atoms with Crippen molar-refractivity contribution in [2.45, 2.75) is 40.0 Å². The molecule has 142 valence electrons. The number of carbonyl (C=O) groups excluding carboxylic acids is 1. The Hall–Kier alpha value is -2.73. The van der Waals surface area contributed by atoms with E-state index in [2.05, 4.69) is 10.4 Å². The molecule has 0 radical (unpaired) electrons. The standard InChI is InChI=1S/C20H22ClN3O3/c1-4-24-14(3)18(11-22-24)13(2)23-20(25)19-10-9-17(27-19)12-26-16-7-5-15(21)6-8-16/h5-11,13H,4,12H2,1-3H3,(H,23,25). The first kappa shape index (κ1) is 19.0. The van der Waals surface area contributed by atoms with Gasteiger partial charge in [-0.05, 0) is 57.2 Å². The lowest BCUT2D eigenvalue weighted by molar-refractivity contribution is 0.0907. The van der Waals surface area contributed by atoms with Crippen molar-refractivity contribution < 1.29 is 13.9 Å². The lowest BCUT2D eigenvalue weighted by Crippen LogP contribution is -2.26. The SMILES string of the molecule is CCn1ncc(C(C)NC(=O)c2ccc(COc3ccc(Cl)cc3)o2)c1C. The van der Waals surface area contributed by atoms with E-state index in [1.165, 1.54) is 0 Å². The zero-order valence-electron chi connectivity index (χ0n) is 15.5. The largest absolute Gasteiger partial charge is 0.486 e. The number of nitrogens with zero attached hydrogens (tertiary/aromatic N) is 2. The highest BCUT2D eigenvalue weighted by Gasteiger charge is 2.18. The van der Waals surface area contributed by atoms with E-state index >= 15 is 0 Å². The zero-order chi connectivity index (χ0) is 19.4. The number of ether oxygens (including phenoxy) is 1. The molecular weight excluding hydrogens is 366 g/mol.